The van der Waals surface area contributed by atoms with Crippen LogP contribution in [0.5, 0.6) is 11.5 Å². The van der Waals surface area contributed by atoms with Crippen molar-refractivity contribution in [3.8, 4) is 22.8 Å². The van der Waals surface area contributed by atoms with Crippen molar-refractivity contribution in [3.05, 3.63) is 65.4 Å². The molecule has 0 aliphatic rings. The fourth-order valence-corrected chi connectivity index (χ4v) is 4.27. The first-order chi connectivity index (χ1) is 16.8. The normalized spacial score (nSPS) is 11.0. The molecule has 0 spiro atoms. The van der Waals surface area contributed by atoms with E-state index in [4.69, 9.17) is 9.47 Å². The maximum atomic E-state index is 14.6. The van der Waals surface area contributed by atoms with Crippen LogP contribution in [0.4, 0.5) is 10.2 Å². The van der Waals surface area contributed by atoms with E-state index >= 15 is 0 Å². The highest BCUT2D eigenvalue weighted by Crippen LogP contribution is 2.33. The molecule has 0 fully saturated rings. The Morgan fingerprint density at radius 3 is 2.69 bits per heavy atom. The topological polar surface area (TPSA) is 98.5 Å². The van der Waals surface area contributed by atoms with Gasteiger partial charge < -0.3 is 24.5 Å². The second-order valence-corrected chi connectivity index (χ2v) is 8.02. The standard InChI is InChI=1S/C26H27FN4O4/c1-5-35-25-16(3)17(6-7-18(25)26(32)33)21-13-23(30-14-29-21)28-10-11-31-15(2)12-19-22(34-4)9-8-20(27)24(19)31/h6-9,12-14H,5,10-11H2,1-4H3,(H,32,33)(H,28,29,30). The molecule has 2 aromatic carbocycles. The molecule has 0 aliphatic carbocycles. The number of carboxylic acid groups (broad SMARTS) is 1. The van der Waals surface area contributed by atoms with E-state index in [-0.39, 0.29) is 11.4 Å². The third-order valence-electron chi connectivity index (χ3n) is 5.91. The molecular formula is C26H27FN4O4. The highest BCUT2D eigenvalue weighted by Gasteiger charge is 2.18. The van der Waals surface area contributed by atoms with Crippen molar-refractivity contribution >= 4 is 22.7 Å². The lowest BCUT2D eigenvalue weighted by atomic mass is 10.0. The molecule has 2 heterocycles. The van der Waals surface area contributed by atoms with Gasteiger partial charge in [0.2, 0.25) is 0 Å². The lowest BCUT2D eigenvalue weighted by Gasteiger charge is -2.15. The lowest BCUT2D eigenvalue weighted by molar-refractivity contribution is 0.0692. The molecule has 0 amide bonds. The summed E-state index contributed by atoms with van der Waals surface area (Å²) in [4.78, 5) is 20.2. The van der Waals surface area contributed by atoms with Crippen LogP contribution in [0.1, 0.15) is 28.5 Å². The summed E-state index contributed by atoms with van der Waals surface area (Å²) < 4.78 is 27.5. The van der Waals surface area contributed by atoms with Gasteiger partial charge >= 0.3 is 5.97 Å². The van der Waals surface area contributed by atoms with Gasteiger partial charge in [0.05, 0.1) is 24.9 Å². The smallest absolute Gasteiger partial charge is 0.339 e. The molecule has 2 N–H and O–H groups in total. The SMILES string of the molecule is CCOc1c(C(=O)O)ccc(-c2cc(NCCn3c(C)cc4c(OC)ccc(F)c43)ncn2)c1C. The van der Waals surface area contributed by atoms with Gasteiger partial charge in [-0.3, -0.25) is 0 Å². The minimum atomic E-state index is -1.05. The van der Waals surface area contributed by atoms with E-state index < -0.39 is 5.97 Å². The number of hydrogen-bond donors (Lipinski definition) is 2. The van der Waals surface area contributed by atoms with E-state index in [0.29, 0.717) is 53.8 Å². The molecule has 0 bridgehead atoms. The first-order valence-electron chi connectivity index (χ1n) is 11.2. The summed E-state index contributed by atoms with van der Waals surface area (Å²) >= 11 is 0. The van der Waals surface area contributed by atoms with Crippen LogP contribution in [0.2, 0.25) is 0 Å². The van der Waals surface area contributed by atoms with Crippen molar-refractivity contribution in [2.24, 2.45) is 0 Å². The fraction of sp³-hybridized carbons (Fsp3) is 0.269. The summed E-state index contributed by atoms with van der Waals surface area (Å²) in [5.41, 5.74) is 3.62. The zero-order chi connectivity index (χ0) is 25.1. The largest absolute Gasteiger partial charge is 0.496 e. The number of aromatic carboxylic acids is 1. The molecule has 0 radical (unpaired) electrons. The number of nitrogens with one attached hydrogen (secondary N) is 1. The van der Waals surface area contributed by atoms with E-state index in [2.05, 4.69) is 15.3 Å². The Morgan fingerprint density at radius 2 is 1.97 bits per heavy atom. The molecule has 35 heavy (non-hydrogen) atoms. The van der Waals surface area contributed by atoms with Crippen molar-refractivity contribution in [1.29, 1.82) is 0 Å². The van der Waals surface area contributed by atoms with Gasteiger partial charge in [0.1, 0.15) is 35.0 Å². The van der Waals surface area contributed by atoms with Crippen LogP contribution in [0.3, 0.4) is 0 Å². The predicted octanol–water partition coefficient (Wildman–Crippen LogP) is 5.07. The number of ether oxygens (including phenoxy) is 2. The van der Waals surface area contributed by atoms with Crippen molar-refractivity contribution in [3.63, 3.8) is 0 Å². The molecule has 9 heteroatoms. The van der Waals surface area contributed by atoms with Crippen LogP contribution in [0.15, 0.2) is 42.7 Å². The Morgan fingerprint density at radius 1 is 1.17 bits per heavy atom. The van der Waals surface area contributed by atoms with E-state index in [1.54, 1.807) is 25.3 Å². The quantitative estimate of drug-likeness (QED) is 0.346. The van der Waals surface area contributed by atoms with Crippen LogP contribution in [-0.4, -0.2) is 45.9 Å². The molecule has 4 rings (SSSR count). The van der Waals surface area contributed by atoms with Crippen molar-refractivity contribution in [1.82, 2.24) is 14.5 Å². The first kappa shape index (κ1) is 24.0. The Balaban J connectivity index is 1.57. The molecular weight excluding hydrogens is 451 g/mol. The third kappa shape index (κ3) is 4.62. The number of benzene rings is 2. The summed E-state index contributed by atoms with van der Waals surface area (Å²) in [5.74, 6) is 0.214. The summed E-state index contributed by atoms with van der Waals surface area (Å²) in [6.45, 7) is 6.91. The molecule has 2 aromatic heterocycles. The number of carbonyl (C=O) groups is 1. The number of hydrogen-bond acceptors (Lipinski definition) is 6. The maximum Gasteiger partial charge on any atom is 0.339 e. The Hall–Kier alpha value is -4.14. The average Bonchev–Trinajstić information content (AvgIpc) is 3.17. The number of aromatic nitrogens is 3. The summed E-state index contributed by atoms with van der Waals surface area (Å²) in [5, 5.41) is 13.5. The van der Waals surface area contributed by atoms with E-state index in [0.717, 1.165) is 16.6 Å². The molecule has 0 saturated heterocycles. The lowest BCUT2D eigenvalue weighted by Crippen LogP contribution is -2.13. The number of carboxylic acids is 1. The highest BCUT2D eigenvalue weighted by molar-refractivity contribution is 5.93. The molecule has 0 aliphatic heterocycles. The molecule has 182 valence electrons. The summed E-state index contributed by atoms with van der Waals surface area (Å²) in [6, 6.07) is 9.99. The highest BCUT2D eigenvalue weighted by atomic mass is 19.1. The number of anilines is 1. The van der Waals surface area contributed by atoms with Crippen LogP contribution in [0.25, 0.3) is 22.2 Å². The van der Waals surface area contributed by atoms with Crippen LogP contribution < -0.4 is 14.8 Å². The maximum absolute atomic E-state index is 14.6. The number of rotatable bonds is 9. The summed E-state index contributed by atoms with van der Waals surface area (Å²) in [7, 11) is 1.57. The monoisotopic (exact) mass is 478 g/mol. The van der Waals surface area contributed by atoms with Crippen molar-refractivity contribution < 1.29 is 23.8 Å². The average molecular weight is 479 g/mol. The number of nitrogens with zero attached hydrogens (tertiary/aromatic N) is 3. The number of fused-ring (bicyclic) bond motifs is 1. The molecule has 4 aromatic rings. The fourth-order valence-electron chi connectivity index (χ4n) is 4.27. The van der Waals surface area contributed by atoms with E-state index in [1.165, 1.54) is 18.5 Å². The Labute approximate surface area is 202 Å². The van der Waals surface area contributed by atoms with Gasteiger partial charge in [0.15, 0.2) is 0 Å². The predicted molar refractivity (Wildman–Crippen MR) is 132 cm³/mol. The van der Waals surface area contributed by atoms with Crippen molar-refractivity contribution in [2.75, 3.05) is 25.6 Å². The van der Waals surface area contributed by atoms with Crippen LogP contribution in [0, 0.1) is 19.7 Å². The van der Waals surface area contributed by atoms with Crippen LogP contribution in [-0.2, 0) is 6.54 Å². The van der Waals surface area contributed by atoms with Gasteiger partial charge in [-0.1, -0.05) is 6.07 Å². The van der Waals surface area contributed by atoms with Gasteiger partial charge in [-0.15, -0.1) is 0 Å². The van der Waals surface area contributed by atoms with E-state index in [9.17, 15) is 14.3 Å². The van der Waals surface area contributed by atoms with Gasteiger partial charge in [-0.2, -0.15) is 0 Å². The second kappa shape index (κ2) is 10.0. The first-order valence-corrected chi connectivity index (χ1v) is 11.2. The van der Waals surface area contributed by atoms with E-state index in [1.807, 2.05) is 31.4 Å². The molecule has 0 unspecified atom stereocenters. The minimum Gasteiger partial charge on any atom is -0.496 e. The molecule has 8 nitrogen and oxygen atoms in total. The number of methoxy groups -OCH3 is 1. The van der Waals surface area contributed by atoms with Crippen LogP contribution >= 0.6 is 0 Å². The number of halogens is 1. The Kier molecular flexibility index (Phi) is 6.86. The second-order valence-electron chi connectivity index (χ2n) is 8.02. The van der Waals surface area contributed by atoms with Gasteiger partial charge in [-0.25, -0.2) is 19.2 Å². The minimum absolute atomic E-state index is 0.110. The van der Waals surface area contributed by atoms with Crippen molar-refractivity contribution in [2.45, 2.75) is 27.3 Å². The van der Waals surface area contributed by atoms with Gasteiger partial charge in [0.25, 0.3) is 0 Å². The molecule has 0 atom stereocenters. The Bertz CT molecular complexity index is 1400. The number of aryl methyl sites for hydroxylation is 1. The van der Waals surface area contributed by atoms with Gasteiger partial charge in [-0.05, 0) is 45.0 Å². The zero-order valence-electron chi connectivity index (χ0n) is 20.1. The van der Waals surface area contributed by atoms with Gasteiger partial charge in [0, 0.05) is 41.4 Å². The summed E-state index contributed by atoms with van der Waals surface area (Å²) in [6.07, 6.45) is 1.45. The third-order valence-corrected chi connectivity index (χ3v) is 5.91. The zero-order valence-corrected chi connectivity index (χ0v) is 20.1. The molecule has 0 saturated carbocycles.